The summed E-state index contributed by atoms with van der Waals surface area (Å²) in [6.45, 7) is 1.71. The fraction of sp³-hybridized carbons (Fsp3) is 0.267. The van der Waals surface area contributed by atoms with Gasteiger partial charge >= 0.3 is 0 Å². The molecule has 1 aromatic carbocycles. The maximum Gasteiger partial charge on any atom is 0.219 e. The second-order valence-corrected chi connectivity index (χ2v) is 4.60. The van der Waals surface area contributed by atoms with E-state index in [1.807, 2.05) is 43.3 Å². The molecule has 0 radical (unpaired) electrons. The zero-order chi connectivity index (χ0) is 13.8. The van der Waals surface area contributed by atoms with Gasteiger partial charge in [-0.15, -0.1) is 0 Å². The molecule has 0 saturated carbocycles. The maximum absolute atomic E-state index is 9.54. The largest absolute Gasteiger partial charge is 0.439 e. The van der Waals surface area contributed by atoms with Crippen LogP contribution in [0.2, 0.25) is 0 Å². The molecular formula is C15H18N2O2. The topological polar surface area (TPSA) is 45.6 Å². The maximum atomic E-state index is 9.54. The summed E-state index contributed by atoms with van der Waals surface area (Å²) < 4.78 is 5.71. The molecule has 4 nitrogen and oxygen atoms in total. The van der Waals surface area contributed by atoms with Gasteiger partial charge in [0.05, 0.1) is 6.10 Å². The van der Waals surface area contributed by atoms with Gasteiger partial charge in [0.15, 0.2) is 0 Å². The molecule has 2 rings (SSSR count). The Morgan fingerprint density at radius 3 is 2.68 bits per heavy atom. The molecule has 0 aliphatic rings. The summed E-state index contributed by atoms with van der Waals surface area (Å²) in [5.74, 6) is 1.20. The van der Waals surface area contributed by atoms with E-state index in [0.29, 0.717) is 5.88 Å². The molecule has 1 unspecified atom stereocenters. The molecule has 0 bridgehead atoms. The Hall–Kier alpha value is -2.07. The van der Waals surface area contributed by atoms with Crippen LogP contribution in [0.4, 0.5) is 5.69 Å². The van der Waals surface area contributed by atoms with Crippen LogP contribution in [0.5, 0.6) is 11.6 Å². The van der Waals surface area contributed by atoms with Gasteiger partial charge in [0.2, 0.25) is 5.88 Å². The van der Waals surface area contributed by atoms with E-state index in [1.54, 1.807) is 25.3 Å². The van der Waals surface area contributed by atoms with Crippen molar-refractivity contribution < 1.29 is 9.84 Å². The number of pyridine rings is 1. The van der Waals surface area contributed by atoms with Crippen molar-refractivity contribution in [1.29, 1.82) is 0 Å². The van der Waals surface area contributed by atoms with Gasteiger partial charge in [-0.3, -0.25) is 0 Å². The average Bonchev–Trinajstić information content (AvgIpc) is 2.39. The number of ether oxygens (including phenoxy) is 1. The third-order valence-corrected chi connectivity index (χ3v) is 2.80. The number of aliphatic hydroxyl groups excluding tert-OH is 1. The van der Waals surface area contributed by atoms with Crippen molar-refractivity contribution in [3.05, 3.63) is 48.2 Å². The van der Waals surface area contributed by atoms with Gasteiger partial charge < -0.3 is 14.7 Å². The van der Waals surface area contributed by atoms with Gasteiger partial charge in [0.25, 0.3) is 0 Å². The molecule has 1 heterocycles. The molecule has 4 heteroatoms. The fourth-order valence-electron chi connectivity index (χ4n) is 1.69. The molecule has 1 N–H and O–H groups in total. The van der Waals surface area contributed by atoms with Crippen LogP contribution in [-0.4, -0.2) is 24.2 Å². The van der Waals surface area contributed by atoms with Crippen molar-refractivity contribution >= 4 is 5.69 Å². The highest BCUT2D eigenvalue weighted by Crippen LogP contribution is 2.25. The molecule has 0 spiro atoms. The first-order valence-corrected chi connectivity index (χ1v) is 6.15. The monoisotopic (exact) mass is 258 g/mol. The average molecular weight is 258 g/mol. The van der Waals surface area contributed by atoms with E-state index in [2.05, 4.69) is 4.98 Å². The molecule has 1 aromatic heterocycles. The fourth-order valence-corrected chi connectivity index (χ4v) is 1.69. The molecule has 0 aliphatic heterocycles. The van der Waals surface area contributed by atoms with Crippen LogP contribution in [0.15, 0.2) is 42.6 Å². The Labute approximate surface area is 113 Å². The van der Waals surface area contributed by atoms with Gasteiger partial charge in [-0.05, 0) is 30.7 Å². The Morgan fingerprint density at radius 1 is 1.21 bits per heavy atom. The van der Waals surface area contributed by atoms with E-state index >= 15 is 0 Å². The zero-order valence-electron chi connectivity index (χ0n) is 11.4. The summed E-state index contributed by atoms with van der Waals surface area (Å²) in [5, 5.41) is 9.54. The van der Waals surface area contributed by atoms with Crippen LogP contribution in [0.3, 0.4) is 0 Å². The summed E-state index contributed by atoms with van der Waals surface area (Å²) >= 11 is 0. The lowest BCUT2D eigenvalue weighted by Crippen LogP contribution is -2.08. The number of hydrogen-bond acceptors (Lipinski definition) is 4. The van der Waals surface area contributed by atoms with Crippen molar-refractivity contribution in [3.63, 3.8) is 0 Å². The van der Waals surface area contributed by atoms with Crippen LogP contribution >= 0.6 is 0 Å². The predicted octanol–water partition coefficient (Wildman–Crippen LogP) is 2.99. The number of nitrogens with zero attached hydrogens (tertiary/aromatic N) is 2. The predicted molar refractivity (Wildman–Crippen MR) is 75.7 cm³/mol. The number of benzene rings is 1. The molecule has 0 amide bonds. The third kappa shape index (κ3) is 3.45. The molecule has 0 aliphatic carbocycles. The summed E-state index contributed by atoms with van der Waals surface area (Å²) in [6.07, 6.45) is 1.10. The molecule has 0 saturated heterocycles. The highest BCUT2D eigenvalue weighted by molar-refractivity contribution is 5.50. The van der Waals surface area contributed by atoms with Crippen molar-refractivity contribution in [2.45, 2.75) is 13.0 Å². The quantitative estimate of drug-likeness (QED) is 0.915. The van der Waals surface area contributed by atoms with E-state index in [1.165, 1.54) is 0 Å². The van der Waals surface area contributed by atoms with Crippen LogP contribution < -0.4 is 9.64 Å². The second kappa shape index (κ2) is 5.71. The normalized spacial score (nSPS) is 12.0. The van der Waals surface area contributed by atoms with Crippen molar-refractivity contribution in [2.75, 3.05) is 19.0 Å². The minimum absolute atomic E-state index is 0.481. The first kappa shape index (κ1) is 13.4. The van der Waals surface area contributed by atoms with Crippen molar-refractivity contribution in [1.82, 2.24) is 4.98 Å². The van der Waals surface area contributed by atoms with E-state index in [4.69, 9.17) is 4.74 Å². The highest BCUT2D eigenvalue weighted by atomic mass is 16.5. The van der Waals surface area contributed by atoms with Gasteiger partial charge in [0.1, 0.15) is 5.75 Å². The van der Waals surface area contributed by atoms with E-state index in [9.17, 15) is 5.11 Å². The molecule has 100 valence electrons. The van der Waals surface area contributed by atoms with Gasteiger partial charge in [0, 0.05) is 38.1 Å². The van der Waals surface area contributed by atoms with Gasteiger partial charge in [-0.25, -0.2) is 4.98 Å². The summed E-state index contributed by atoms with van der Waals surface area (Å²) in [7, 11) is 3.96. The Bertz CT molecular complexity index is 504. The van der Waals surface area contributed by atoms with Crippen LogP contribution in [-0.2, 0) is 0 Å². The molecule has 19 heavy (non-hydrogen) atoms. The van der Waals surface area contributed by atoms with Gasteiger partial charge in [-0.2, -0.15) is 0 Å². The Balaban J connectivity index is 2.21. The Morgan fingerprint density at radius 2 is 2.00 bits per heavy atom. The smallest absolute Gasteiger partial charge is 0.219 e. The minimum Gasteiger partial charge on any atom is -0.439 e. The second-order valence-electron chi connectivity index (χ2n) is 4.60. The first-order valence-electron chi connectivity index (χ1n) is 6.15. The standard InChI is InChI=1S/C15H18N2O2/c1-11(18)12-7-8-16-15(9-12)19-14-6-4-5-13(10-14)17(2)3/h4-11,18H,1-3H3. The molecule has 1 atom stereocenters. The summed E-state index contributed by atoms with van der Waals surface area (Å²) in [6, 6.07) is 11.3. The van der Waals surface area contributed by atoms with Crippen molar-refractivity contribution in [3.8, 4) is 11.6 Å². The van der Waals surface area contributed by atoms with Gasteiger partial charge in [-0.1, -0.05) is 6.07 Å². The number of aliphatic hydroxyl groups is 1. The number of anilines is 1. The lowest BCUT2D eigenvalue weighted by Gasteiger charge is -2.14. The van der Waals surface area contributed by atoms with Crippen LogP contribution in [0.1, 0.15) is 18.6 Å². The number of aromatic nitrogens is 1. The summed E-state index contributed by atoms with van der Waals surface area (Å²) in [4.78, 5) is 6.15. The van der Waals surface area contributed by atoms with Crippen molar-refractivity contribution in [2.24, 2.45) is 0 Å². The third-order valence-electron chi connectivity index (χ3n) is 2.80. The molecule has 2 aromatic rings. The number of hydrogen-bond donors (Lipinski definition) is 1. The Kier molecular flexibility index (Phi) is 4.02. The first-order chi connectivity index (χ1) is 9.06. The van der Waals surface area contributed by atoms with E-state index in [-0.39, 0.29) is 0 Å². The number of rotatable bonds is 4. The highest BCUT2D eigenvalue weighted by Gasteiger charge is 2.05. The SMILES string of the molecule is CC(O)c1ccnc(Oc2cccc(N(C)C)c2)c1. The van der Waals surface area contributed by atoms with E-state index in [0.717, 1.165) is 17.0 Å². The minimum atomic E-state index is -0.529. The lowest BCUT2D eigenvalue weighted by atomic mass is 10.2. The van der Waals surface area contributed by atoms with Crippen LogP contribution in [0.25, 0.3) is 0 Å². The molecule has 0 fully saturated rings. The lowest BCUT2D eigenvalue weighted by molar-refractivity contribution is 0.198. The zero-order valence-corrected chi connectivity index (χ0v) is 11.4. The van der Waals surface area contributed by atoms with E-state index < -0.39 is 6.10 Å². The van der Waals surface area contributed by atoms with Crippen LogP contribution in [0, 0.1) is 0 Å². The summed E-state index contributed by atoms with van der Waals surface area (Å²) in [5.41, 5.74) is 1.85. The molecular weight excluding hydrogens is 240 g/mol.